The van der Waals surface area contributed by atoms with Crippen LogP contribution in [0, 0.1) is 0 Å². The highest BCUT2D eigenvalue weighted by Gasteiger charge is 2.32. The first-order valence-electron chi connectivity index (χ1n) is 5.70. The highest BCUT2D eigenvalue weighted by molar-refractivity contribution is 7.13. The summed E-state index contributed by atoms with van der Waals surface area (Å²) >= 11 is 1.25. The highest BCUT2D eigenvalue weighted by Crippen LogP contribution is 2.21. The molecule has 0 radical (unpaired) electrons. The minimum atomic E-state index is -0.948. The van der Waals surface area contributed by atoms with Crippen LogP contribution in [0.15, 0.2) is 5.38 Å². The Balaban J connectivity index is 2.01. The van der Waals surface area contributed by atoms with Gasteiger partial charge in [-0.15, -0.1) is 11.3 Å². The largest absolute Gasteiger partial charge is 0.481 e. The number of likely N-dealkylation sites (tertiary alicyclic amines) is 1. The van der Waals surface area contributed by atoms with Crippen LogP contribution in [0.25, 0.3) is 0 Å². The average molecular weight is 283 g/mol. The molecule has 0 aliphatic carbocycles. The van der Waals surface area contributed by atoms with E-state index in [4.69, 9.17) is 5.11 Å². The van der Waals surface area contributed by atoms with Crippen LogP contribution in [0.4, 0.5) is 5.13 Å². The number of hydrogen-bond donors (Lipinski definition) is 2. The Labute approximate surface area is 113 Å². The lowest BCUT2D eigenvalue weighted by atomic mass is 10.1. The first-order chi connectivity index (χ1) is 8.97. The molecule has 0 saturated carbocycles. The van der Waals surface area contributed by atoms with Gasteiger partial charge in [0.05, 0.1) is 12.1 Å². The summed E-state index contributed by atoms with van der Waals surface area (Å²) in [5.74, 6) is -1.42. The van der Waals surface area contributed by atoms with Crippen molar-refractivity contribution in [3.63, 3.8) is 0 Å². The Morgan fingerprint density at radius 3 is 3.05 bits per heavy atom. The summed E-state index contributed by atoms with van der Waals surface area (Å²) in [5, 5.41) is 13.7. The molecular formula is C11H13N3O4S. The Morgan fingerprint density at radius 2 is 2.37 bits per heavy atom. The molecule has 1 aliphatic heterocycles. The number of thiazole rings is 1. The van der Waals surface area contributed by atoms with Gasteiger partial charge in [0.15, 0.2) is 5.13 Å². The summed E-state index contributed by atoms with van der Waals surface area (Å²) in [6.45, 7) is 0. The number of rotatable bonds is 4. The smallest absolute Gasteiger partial charge is 0.309 e. The molecule has 0 aromatic carbocycles. The summed E-state index contributed by atoms with van der Waals surface area (Å²) in [6.07, 6.45) is 0.596. The number of carboxylic acids is 1. The summed E-state index contributed by atoms with van der Waals surface area (Å²) in [6, 6.07) is -0.480. The van der Waals surface area contributed by atoms with E-state index in [2.05, 4.69) is 10.3 Å². The van der Waals surface area contributed by atoms with E-state index >= 15 is 0 Å². The molecule has 1 saturated heterocycles. The number of carboxylic acid groups (broad SMARTS) is 1. The van der Waals surface area contributed by atoms with Crippen molar-refractivity contribution >= 4 is 34.3 Å². The van der Waals surface area contributed by atoms with Crippen LogP contribution in [-0.4, -0.2) is 45.9 Å². The molecule has 8 heteroatoms. The summed E-state index contributed by atoms with van der Waals surface area (Å²) in [4.78, 5) is 38.9. The van der Waals surface area contributed by atoms with Gasteiger partial charge in [-0.05, 0) is 6.42 Å². The van der Waals surface area contributed by atoms with E-state index in [1.807, 2.05) is 0 Å². The van der Waals surface area contributed by atoms with Gasteiger partial charge >= 0.3 is 5.97 Å². The molecule has 0 bridgehead atoms. The van der Waals surface area contributed by atoms with Gasteiger partial charge in [0.2, 0.25) is 5.91 Å². The number of nitrogens with zero attached hydrogens (tertiary/aromatic N) is 2. The van der Waals surface area contributed by atoms with Crippen LogP contribution >= 0.6 is 11.3 Å². The summed E-state index contributed by atoms with van der Waals surface area (Å²) in [5.41, 5.74) is 0.452. The van der Waals surface area contributed by atoms with Gasteiger partial charge in [-0.3, -0.25) is 19.3 Å². The number of imide groups is 1. The van der Waals surface area contributed by atoms with Crippen LogP contribution in [0.5, 0.6) is 0 Å². The number of nitrogens with one attached hydrogen (secondary N) is 1. The van der Waals surface area contributed by atoms with Gasteiger partial charge in [0, 0.05) is 18.8 Å². The molecule has 1 unspecified atom stereocenters. The molecule has 7 nitrogen and oxygen atoms in total. The van der Waals surface area contributed by atoms with Gasteiger partial charge in [-0.1, -0.05) is 0 Å². The molecule has 1 aromatic heterocycles. The Bertz CT molecular complexity index is 528. The predicted octanol–water partition coefficient (Wildman–Crippen LogP) is 0.329. The number of aliphatic carboxylic acids is 1. The van der Waals surface area contributed by atoms with Crippen LogP contribution < -0.4 is 5.32 Å². The second kappa shape index (κ2) is 5.35. The highest BCUT2D eigenvalue weighted by atomic mass is 32.1. The number of aromatic nitrogens is 1. The fourth-order valence-corrected chi connectivity index (χ4v) is 2.57. The molecule has 2 N–H and O–H groups in total. The average Bonchev–Trinajstić information content (AvgIpc) is 2.76. The van der Waals surface area contributed by atoms with Crippen molar-refractivity contribution in [1.82, 2.24) is 9.88 Å². The van der Waals surface area contributed by atoms with Crippen LogP contribution in [0.3, 0.4) is 0 Å². The number of carbonyl (C=O) groups excluding carboxylic acids is 2. The molecule has 1 atom stereocenters. The van der Waals surface area contributed by atoms with Gasteiger partial charge in [0.1, 0.15) is 6.04 Å². The standard InChI is InChI=1S/C11H13N3O4S/c1-14-8(15)3-2-7(10(14)18)13-11-12-6(5-19-11)4-9(16)17/h5,7H,2-4H2,1H3,(H,12,13)(H,16,17). The van der Waals surface area contributed by atoms with E-state index in [1.54, 1.807) is 5.38 Å². The zero-order chi connectivity index (χ0) is 14.0. The quantitative estimate of drug-likeness (QED) is 0.772. The van der Waals surface area contributed by atoms with Crippen LogP contribution in [-0.2, 0) is 20.8 Å². The van der Waals surface area contributed by atoms with E-state index in [0.717, 1.165) is 4.90 Å². The summed E-state index contributed by atoms with van der Waals surface area (Å²) in [7, 11) is 1.45. The Morgan fingerprint density at radius 1 is 1.63 bits per heavy atom. The van der Waals surface area contributed by atoms with Crippen molar-refractivity contribution in [3.8, 4) is 0 Å². The first-order valence-corrected chi connectivity index (χ1v) is 6.58. The molecular weight excluding hydrogens is 270 g/mol. The predicted molar refractivity (Wildman–Crippen MR) is 67.9 cm³/mol. The van der Waals surface area contributed by atoms with Gasteiger partial charge in [-0.2, -0.15) is 0 Å². The molecule has 1 aromatic rings. The van der Waals surface area contributed by atoms with E-state index in [-0.39, 0.29) is 18.2 Å². The maximum Gasteiger partial charge on any atom is 0.309 e. The second-order valence-corrected chi connectivity index (χ2v) is 5.10. The minimum absolute atomic E-state index is 0.144. The summed E-state index contributed by atoms with van der Waals surface area (Å²) < 4.78 is 0. The zero-order valence-electron chi connectivity index (χ0n) is 10.3. The normalized spacial score (nSPS) is 19.6. The Hall–Kier alpha value is -1.96. The third-order valence-corrected chi connectivity index (χ3v) is 3.65. The fraction of sp³-hybridized carbons (Fsp3) is 0.455. The Kier molecular flexibility index (Phi) is 3.79. The van der Waals surface area contributed by atoms with Crippen molar-refractivity contribution in [3.05, 3.63) is 11.1 Å². The van der Waals surface area contributed by atoms with E-state index in [0.29, 0.717) is 23.7 Å². The molecule has 0 spiro atoms. The third kappa shape index (κ3) is 3.08. The van der Waals surface area contributed by atoms with Crippen LogP contribution in [0.1, 0.15) is 18.5 Å². The number of amides is 2. The number of anilines is 1. The molecule has 1 fully saturated rings. The lowest BCUT2D eigenvalue weighted by molar-refractivity contribution is -0.146. The maximum absolute atomic E-state index is 11.8. The SMILES string of the molecule is CN1C(=O)CCC(Nc2nc(CC(=O)O)cs2)C1=O. The van der Waals surface area contributed by atoms with E-state index in [9.17, 15) is 14.4 Å². The van der Waals surface area contributed by atoms with E-state index in [1.165, 1.54) is 18.4 Å². The lowest BCUT2D eigenvalue weighted by Gasteiger charge is -2.27. The van der Waals surface area contributed by atoms with Crippen molar-refractivity contribution in [1.29, 1.82) is 0 Å². The molecule has 1 aliphatic rings. The molecule has 2 rings (SSSR count). The molecule has 19 heavy (non-hydrogen) atoms. The lowest BCUT2D eigenvalue weighted by Crippen LogP contribution is -2.48. The van der Waals surface area contributed by atoms with Crippen molar-refractivity contribution in [2.45, 2.75) is 25.3 Å². The maximum atomic E-state index is 11.8. The topological polar surface area (TPSA) is 99.6 Å². The number of piperidine rings is 1. The van der Waals surface area contributed by atoms with Crippen molar-refractivity contribution in [2.24, 2.45) is 0 Å². The van der Waals surface area contributed by atoms with Crippen LogP contribution in [0.2, 0.25) is 0 Å². The van der Waals surface area contributed by atoms with Gasteiger partial charge in [-0.25, -0.2) is 4.98 Å². The number of likely N-dealkylation sites (N-methyl/N-ethyl adjacent to an activating group) is 1. The van der Waals surface area contributed by atoms with E-state index < -0.39 is 12.0 Å². The van der Waals surface area contributed by atoms with Crippen molar-refractivity contribution in [2.75, 3.05) is 12.4 Å². The first kappa shape index (κ1) is 13.5. The molecule has 2 amide bonds. The van der Waals surface area contributed by atoms with Crippen molar-refractivity contribution < 1.29 is 19.5 Å². The number of hydrogen-bond acceptors (Lipinski definition) is 6. The third-order valence-electron chi connectivity index (χ3n) is 2.83. The molecule has 2 heterocycles. The second-order valence-electron chi connectivity index (χ2n) is 4.24. The minimum Gasteiger partial charge on any atom is -0.481 e. The number of carbonyl (C=O) groups is 3. The zero-order valence-corrected chi connectivity index (χ0v) is 11.1. The molecule has 102 valence electrons. The monoisotopic (exact) mass is 283 g/mol. The van der Waals surface area contributed by atoms with Gasteiger partial charge in [0.25, 0.3) is 5.91 Å². The van der Waals surface area contributed by atoms with Gasteiger partial charge < -0.3 is 10.4 Å². The fourth-order valence-electron chi connectivity index (χ4n) is 1.81.